The van der Waals surface area contributed by atoms with Crippen molar-refractivity contribution in [3.05, 3.63) is 118 Å². The second-order valence-corrected chi connectivity index (χ2v) is 16.7. The number of hydrogen-bond acceptors (Lipinski definition) is 6. The Bertz CT molecular complexity index is 1220. The van der Waals surface area contributed by atoms with Crippen molar-refractivity contribution in [1.29, 1.82) is 0 Å². The van der Waals surface area contributed by atoms with Crippen LogP contribution in [0.2, 0.25) is 18.1 Å². The Kier molecular flexibility index (Phi) is 13.2. The smallest absolute Gasteiger partial charge is 0.191 e. The molecule has 3 unspecified atom stereocenters. The maximum atomic E-state index is 11.5. The van der Waals surface area contributed by atoms with Crippen LogP contribution in [-0.2, 0) is 38.5 Å². The summed E-state index contributed by atoms with van der Waals surface area (Å²) in [6.45, 7) is 11.7. The summed E-state index contributed by atoms with van der Waals surface area (Å²) in [4.78, 5) is 3.15. The second kappa shape index (κ2) is 16.6. The zero-order valence-electron chi connectivity index (χ0n) is 25.4. The van der Waals surface area contributed by atoms with Crippen molar-refractivity contribution in [2.24, 2.45) is 5.11 Å². The summed E-state index contributed by atoms with van der Waals surface area (Å²) >= 11 is 0. The van der Waals surface area contributed by atoms with Crippen molar-refractivity contribution in [3.8, 4) is 0 Å². The van der Waals surface area contributed by atoms with E-state index < -0.39 is 32.7 Å². The summed E-state index contributed by atoms with van der Waals surface area (Å²) < 4.78 is 25.3. The lowest BCUT2D eigenvalue weighted by molar-refractivity contribution is -0.155. The van der Waals surface area contributed by atoms with Gasteiger partial charge in [-0.15, -0.1) is 0 Å². The van der Waals surface area contributed by atoms with Crippen molar-refractivity contribution in [2.75, 3.05) is 13.2 Å². The van der Waals surface area contributed by atoms with Gasteiger partial charge in [0.15, 0.2) is 8.32 Å². The fraction of sp³-hybridized carbons (Fsp3) is 0.455. The summed E-state index contributed by atoms with van der Waals surface area (Å²) in [7, 11) is -2.19. The quantitative estimate of drug-likeness (QED) is 0.0760. The molecule has 226 valence electrons. The van der Waals surface area contributed by atoms with E-state index in [1.165, 1.54) is 0 Å². The minimum absolute atomic E-state index is 0.00558. The highest BCUT2D eigenvalue weighted by Crippen LogP contribution is 2.37. The van der Waals surface area contributed by atoms with Crippen molar-refractivity contribution >= 4 is 8.32 Å². The molecular formula is C33H45N3O5Si. The third-order valence-electron chi connectivity index (χ3n) is 7.67. The number of nitrogens with zero attached hydrogens (tertiary/aromatic N) is 3. The molecule has 0 bridgehead atoms. The molecule has 0 aliphatic rings. The van der Waals surface area contributed by atoms with Gasteiger partial charge in [0.1, 0.15) is 12.2 Å². The molecular weight excluding hydrogens is 546 g/mol. The van der Waals surface area contributed by atoms with Crippen LogP contribution in [0.4, 0.5) is 0 Å². The molecule has 0 aliphatic heterocycles. The number of aliphatic hydroxyl groups is 1. The molecule has 0 saturated carbocycles. The van der Waals surface area contributed by atoms with E-state index in [1.807, 2.05) is 91.0 Å². The van der Waals surface area contributed by atoms with Gasteiger partial charge in [-0.1, -0.05) is 117 Å². The van der Waals surface area contributed by atoms with Gasteiger partial charge < -0.3 is 23.7 Å². The predicted molar refractivity (Wildman–Crippen MR) is 168 cm³/mol. The first-order valence-corrected chi connectivity index (χ1v) is 17.3. The minimum Gasteiger partial charge on any atom is -0.416 e. The van der Waals surface area contributed by atoms with Gasteiger partial charge in [0.25, 0.3) is 0 Å². The molecule has 0 radical (unpaired) electrons. The van der Waals surface area contributed by atoms with E-state index in [4.69, 9.17) is 18.6 Å². The Balaban J connectivity index is 1.89. The van der Waals surface area contributed by atoms with E-state index in [0.717, 1.165) is 16.7 Å². The first kappa shape index (κ1) is 33.5. The third-order valence-corrected chi connectivity index (χ3v) is 12.2. The molecule has 1 N–H and O–H groups in total. The summed E-state index contributed by atoms with van der Waals surface area (Å²) in [5.41, 5.74) is 12.5. The maximum absolute atomic E-state index is 11.5. The van der Waals surface area contributed by atoms with Crippen LogP contribution >= 0.6 is 0 Å². The molecule has 8 nitrogen and oxygen atoms in total. The van der Waals surface area contributed by atoms with E-state index in [-0.39, 0.29) is 31.5 Å². The van der Waals surface area contributed by atoms with Crippen LogP contribution in [0.5, 0.6) is 0 Å². The van der Waals surface area contributed by atoms with Gasteiger partial charge in [-0.25, -0.2) is 0 Å². The van der Waals surface area contributed by atoms with E-state index in [2.05, 4.69) is 43.9 Å². The molecule has 3 aromatic rings. The first-order valence-electron chi connectivity index (χ1n) is 14.4. The number of azide groups is 1. The fourth-order valence-electron chi connectivity index (χ4n) is 4.12. The van der Waals surface area contributed by atoms with Crippen LogP contribution < -0.4 is 0 Å². The molecule has 0 fully saturated rings. The highest BCUT2D eigenvalue weighted by atomic mass is 28.4. The second-order valence-electron chi connectivity index (χ2n) is 11.9. The Labute approximate surface area is 251 Å². The van der Waals surface area contributed by atoms with Crippen LogP contribution in [0.25, 0.3) is 10.4 Å². The van der Waals surface area contributed by atoms with E-state index in [9.17, 15) is 10.6 Å². The first-order chi connectivity index (χ1) is 20.1. The van der Waals surface area contributed by atoms with Crippen molar-refractivity contribution in [2.45, 2.75) is 83.1 Å². The van der Waals surface area contributed by atoms with Gasteiger partial charge in [0, 0.05) is 11.5 Å². The highest BCUT2D eigenvalue weighted by Gasteiger charge is 2.41. The maximum Gasteiger partial charge on any atom is 0.191 e. The van der Waals surface area contributed by atoms with Gasteiger partial charge >= 0.3 is 0 Å². The standard InChI is InChI=1S/C33H45N3O5Si/c1-33(2,3)42(4,5)41-24-29(35-36-34)31(39-22-27-17-11-7-12-18-27)32(40-23-28-19-13-8-14-20-28)30(37)25-38-21-26-15-9-6-10-16-26/h6-20,29-32,37H,21-25H2,1-5H3/t29?,30?,31?,32-/m1/s1. The molecule has 9 heteroatoms. The number of rotatable bonds is 17. The van der Waals surface area contributed by atoms with E-state index >= 15 is 0 Å². The number of ether oxygens (including phenoxy) is 3. The largest absolute Gasteiger partial charge is 0.416 e. The van der Waals surface area contributed by atoms with Crippen molar-refractivity contribution < 1.29 is 23.7 Å². The Morgan fingerprint density at radius 3 is 1.64 bits per heavy atom. The Morgan fingerprint density at radius 2 is 1.19 bits per heavy atom. The van der Waals surface area contributed by atoms with Crippen molar-refractivity contribution in [3.63, 3.8) is 0 Å². The van der Waals surface area contributed by atoms with E-state index in [0.29, 0.717) is 6.61 Å². The van der Waals surface area contributed by atoms with Crippen LogP contribution in [0, 0.1) is 0 Å². The van der Waals surface area contributed by atoms with Gasteiger partial charge in [-0.3, -0.25) is 0 Å². The highest BCUT2D eigenvalue weighted by molar-refractivity contribution is 6.74. The van der Waals surface area contributed by atoms with Gasteiger partial charge in [0.2, 0.25) is 0 Å². The van der Waals surface area contributed by atoms with Crippen LogP contribution in [0.15, 0.2) is 96.1 Å². The van der Waals surface area contributed by atoms with Gasteiger partial charge in [0.05, 0.1) is 38.6 Å². The molecule has 3 aromatic carbocycles. The molecule has 0 saturated heterocycles. The molecule has 3 rings (SSSR count). The van der Waals surface area contributed by atoms with Crippen molar-refractivity contribution in [1.82, 2.24) is 0 Å². The number of aliphatic hydroxyl groups excluding tert-OH is 1. The molecule has 0 amide bonds. The van der Waals surface area contributed by atoms with Gasteiger partial charge in [-0.2, -0.15) is 0 Å². The third kappa shape index (κ3) is 10.7. The number of benzene rings is 3. The monoisotopic (exact) mass is 591 g/mol. The predicted octanol–water partition coefficient (Wildman–Crippen LogP) is 7.44. The Hall–Kier alpha value is -3.01. The zero-order chi connectivity index (χ0) is 30.4. The molecule has 0 spiro atoms. The van der Waals surface area contributed by atoms with Gasteiger partial charge in [-0.05, 0) is 40.4 Å². The molecule has 42 heavy (non-hydrogen) atoms. The summed E-state index contributed by atoms with van der Waals surface area (Å²) in [6.07, 6.45) is -2.75. The minimum atomic E-state index is -2.19. The molecule has 0 aromatic heterocycles. The molecule has 0 aliphatic carbocycles. The topological polar surface area (TPSA) is 106 Å². The fourth-order valence-corrected chi connectivity index (χ4v) is 5.14. The van der Waals surface area contributed by atoms with Crippen LogP contribution in [0.1, 0.15) is 37.5 Å². The Morgan fingerprint density at radius 1 is 0.738 bits per heavy atom. The average Bonchev–Trinajstić information content (AvgIpc) is 2.98. The molecule has 0 heterocycles. The number of hydrogen-bond donors (Lipinski definition) is 1. The average molecular weight is 592 g/mol. The summed E-state index contributed by atoms with van der Waals surface area (Å²) in [5.74, 6) is 0. The lowest BCUT2D eigenvalue weighted by Crippen LogP contribution is -2.51. The van der Waals surface area contributed by atoms with Crippen LogP contribution in [0.3, 0.4) is 0 Å². The zero-order valence-corrected chi connectivity index (χ0v) is 26.4. The normalized spacial score (nSPS) is 14.9. The van der Waals surface area contributed by atoms with Crippen LogP contribution in [-0.4, -0.2) is 51.0 Å². The summed E-state index contributed by atoms with van der Waals surface area (Å²) in [5, 5.41) is 15.6. The lowest BCUT2D eigenvalue weighted by atomic mass is 10.0. The SMILES string of the molecule is CC(C)(C)[Si](C)(C)OCC(N=[N+]=[N-])C(OCc1ccccc1)[C@H](OCc1ccccc1)C(O)COCc1ccccc1. The molecule has 4 atom stereocenters. The summed E-state index contributed by atoms with van der Waals surface area (Å²) in [6, 6.07) is 28.5. The lowest BCUT2D eigenvalue weighted by Gasteiger charge is -2.39. The van der Waals surface area contributed by atoms with E-state index in [1.54, 1.807) is 0 Å².